The molecule has 0 saturated carbocycles. The van der Waals surface area contributed by atoms with Crippen molar-refractivity contribution < 1.29 is 0 Å². The van der Waals surface area contributed by atoms with E-state index in [4.69, 9.17) is 0 Å². The van der Waals surface area contributed by atoms with Crippen LogP contribution in [0.5, 0.6) is 0 Å². The molecule has 0 aliphatic heterocycles. The molecule has 4 heteroatoms. The van der Waals surface area contributed by atoms with E-state index in [0.29, 0.717) is 5.92 Å². The van der Waals surface area contributed by atoms with Crippen LogP contribution in [0, 0.1) is 6.92 Å². The van der Waals surface area contributed by atoms with E-state index in [1.165, 1.54) is 11.1 Å². The molecular formula is C15H16BrN3. The highest BCUT2D eigenvalue weighted by Crippen LogP contribution is 2.37. The van der Waals surface area contributed by atoms with Crippen molar-refractivity contribution in [1.82, 2.24) is 9.97 Å². The number of aryl methyl sites for hydroxylation is 2. The molecule has 1 aliphatic rings. The molecular weight excluding hydrogens is 302 g/mol. The normalized spacial score (nSPS) is 17.3. The van der Waals surface area contributed by atoms with E-state index in [1.54, 1.807) is 0 Å². The molecule has 1 N–H and O–H groups in total. The fraction of sp³-hybridized carbons (Fsp3) is 0.333. The highest BCUT2D eigenvalue weighted by molar-refractivity contribution is 9.10. The average Bonchev–Trinajstić information content (AvgIpc) is 2.85. The SMILES string of the molecule is CNc1nc(C2CCc3ccccc32)nc(C)c1Br. The summed E-state index contributed by atoms with van der Waals surface area (Å²) in [5.74, 6) is 2.12. The minimum atomic E-state index is 0.329. The molecule has 3 nitrogen and oxygen atoms in total. The van der Waals surface area contributed by atoms with Crippen LogP contribution in [0.15, 0.2) is 28.7 Å². The van der Waals surface area contributed by atoms with Crippen LogP contribution in [0.1, 0.15) is 35.0 Å². The molecule has 19 heavy (non-hydrogen) atoms. The molecule has 98 valence electrons. The maximum atomic E-state index is 4.66. The number of hydrogen-bond donors (Lipinski definition) is 1. The highest BCUT2D eigenvalue weighted by Gasteiger charge is 2.26. The maximum absolute atomic E-state index is 4.66. The number of halogens is 1. The molecule has 2 aromatic rings. The Morgan fingerprint density at radius 1 is 1.26 bits per heavy atom. The van der Waals surface area contributed by atoms with Crippen LogP contribution in [-0.2, 0) is 6.42 Å². The van der Waals surface area contributed by atoms with Crippen molar-refractivity contribution in [3.63, 3.8) is 0 Å². The number of hydrogen-bond acceptors (Lipinski definition) is 3. The molecule has 1 unspecified atom stereocenters. The van der Waals surface area contributed by atoms with E-state index in [0.717, 1.165) is 34.7 Å². The molecule has 1 aromatic carbocycles. The van der Waals surface area contributed by atoms with E-state index < -0.39 is 0 Å². The quantitative estimate of drug-likeness (QED) is 0.918. The lowest BCUT2D eigenvalue weighted by atomic mass is 10.0. The highest BCUT2D eigenvalue weighted by atomic mass is 79.9. The minimum absolute atomic E-state index is 0.329. The number of fused-ring (bicyclic) bond motifs is 1. The molecule has 0 bridgehead atoms. The summed E-state index contributed by atoms with van der Waals surface area (Å²) in [6.07, 6.45) is 2.22. The number of nitrogens with zero attached hydrogens (tertiary/aromatic N) is 2. The summed E-state index contributed by atoms with van der Waals surface area (Å²) in [4.78, 5) is 9.33. The largest absolute Gasteiger partial charge is 0.372 e. The topological polar surface area (TPSA) is 37.8 Å². The fourth-order valence-electron chi connectivity index (χ4n) is 2.73. The van der Waals surface area contributed by atoms with Gasteiger partial charge in [0.1, 0.15) is 11.6 Å². The lowest BCUT2D eigenvalue weighted by Gasteiger charge is -2.14. The first-order chi connectivity index (χ1) is 9.20. The van der Waals surface area contributed by atoms with Gasteiger partial charge in [-0.25, -0.2) is 9.97 Å². The Hall–Kier alpha value is -1.42. The van der Waals surface area contributed by atoms with Gasteiger partial charge >= 0.3 is 0 Å². The van der Waals surface area contributed by atoms with Gasteiger partial charge in [0.05, 0.1) is 10.2 Å². The van der Waals surface area contributed by atoms with Crippen LogP contribution in [-0.4, -0.2) is 17.0 Å². The second-order valence-corrected chi connectivity index (χ2v) is 5.66. The molecule has 1 atom stereocenters. The van der Waals surface area contributed by atoms with Crippen LogP contribution >= 0.6 is 15.9 Å². The minimum Gasteiger partial charge on any atom is -0.372 e. The van der Waals surface area contributed by atoms with E-state index in [9.17, 15) is 0 Å². The van der Waals surface area contributed by atoms with Crippen molar-refractivity contribution in [2.45, 2.75) is 25.7 Å². The van der Waals surface area contributed by atoms with E-state index in [1.807, 2.05) is 14.0 Å². The zero-order valence-electron chi connectivity index (χ0n) is 11.1. The first-order valence-corrected chi connectivity index (χ1v) is 7.29. The van der Waals surface area contributed by atoms with Gasteiger partial charge in [0.2, 0.25) is 0 Å². The van der Waals surface area contributed by atoms with Crippen molar-refractivity contribution in [1.29, 1.82) is 0 Å². The summed E-state index contributed by atoms with van der Waals surface area (Å²) in [6.45, 7) is 2.01. The van der Waals surface area contributed by atoms with Crippen molar-refractivity contribution in [3.8, 4) is 0 Å². The molecule has 0 radical (unpaired) electrons. The summed E-state index contributed by atoms with van der Waals surface area (Å²) in [5, 5.41) is 3.13. The van der Waals surface area contributed by atoms with E-state index in [-0.39, 0.29) is 0 Å². The molecule has 3 rings (SSSR count). The Morgan fingerprint density at radius 3 is 2.84 bits per heavy atom. The van der Waals surface area contributed by atoms with Gasteiger partial charge in [-0.2, -0.15) is 0 Å². The molecule has 0 amide bonds. The maximum Gasteiger partial charge on any atom is 0.144 e. The summed E-state index contributed by atoms with van der Waals surface area (Å²) in [5.41, 5.74) is 3.80. The number of aromatic nitrogens is 2. The van der Waals surface area contributed by atoms with Gasteiger partial charge < -0.3 is 5.32 Å². The third-order valence-electron chi connectivity index (χ3n) is 3.72. The van der Waals surface area contributed by atoms with Gasteiger partial charge in [-0.15, -0.1) is 0 Å². The number of benzene rings is 1. The Bertz CT molecular complexity index is 625. The standard InChI is InChI=1S/C15H16BrN3/c1-9-13(16)15(17-2)19-14(18-9)12-8-7-10-5-3-4-6-11(10)12/h3-6,12H,7-8H2,1-2H3,(H,17,18,19). The van der Waals surface area contributed by atoms with Gasteiger partial charge in [0, 0.05) is 13.0 Å². The van der Waals surface area contributed by atoms with Gasteiger partial charge in [-0.05, 0) is 46.8 Å². The molecule has 1 heterocycles. The average molecular weight is 318 g/mol. The van der Waals surface area contributed by atoms with Crippen LogP contribution < -0.4 is 5.32 Å². The zero-order chi connectivity index (χ0) is 13.4. The third kappa shape index (κ3) is 2.14. The Labute approximate surface area is 121 Å². The van der Waals surface area contributed by atoms with Gasteiger partial charge in [0.15, 0.2) is 0 Å². The number of nitrogens with one attached hydrogen (secondary N) is 1. The van der Waals surface area contributed by atoms with Crippen molar-refractivity contribution >= 4 is 21.7 Å². The zero-order valence-corrected chi connectivity index (χ0v) is 12.7. The van der Waals surface area contributed by atoms with E-state index in [2.05, 4.69) is 55.5 Å². The first-order valence-electron chi connectivity index (χ1n) is 6.50. The summed E-state index contributed by atoms with van der Waals surface area (Å²) >= 11 is 3.53. The Balaban J connectivity index is 2.07. The summed E-state index contributed by atoms with van der Waals surface area (Å²) < 4.78 is 0.949. The van der Waals surface area contributed by atoms with E-state index >= 15 is 0 Å². The molecule has 1 aromatic heterocycles. The smallest absolute Gasteiger partial charge is 0.144 e. The van der Waals surface area contributed by atoms with Crippen molar-refractivity contribution in [3.05, 3.63) is 51.4 Å². The Morgan fingerprint density at radius 2 is 2.05 bits per heavy atom. The lowest BCUT2D eigenvalue weighted by molar-refractivity contribution is 0.723. The number of rotatable bonds is 2. The lowest BCUT2D eigenvalue weighted by Crippen LogP contribution is -2.08. The second kappa shape index (κ2) is 4.93. The molecule has 0 fully saturated rings. The van der Waals surface area contributed by atoms with Gasteiger partial charge in [-0.3, -0.25) is 0 Å². The van der Waals surface area contributed by atoms with Crippen LogP contribution in [0.25, 0.3) is 0 Å². The first kappa shape index (κ1) is 12.6. The van der Waals surface area contributed by atoms with Gasteiger partial charge in [0.25, 0.3) is 0 Å². The predicted molar refractivity (Wildman–Crippen MR) is 80.6 cm³/mol. The molecule has 0 spiro atoms. The Kier molecular flexibility index (Phi) is 3.27. The third-order valence-corrected chi connectivity index (χ3v) is 4.66. The molecule has 1 aliphatic carbocycles. The number of anilines is 1. The van der Waals surface area contributed by atoms with Crippen LogP contribution in [0.2, 0.25) is 0 Å². The summed E-state index contributed by atoms with van der Waals surface area (Å²) in [6, 6.07) is 8.61. The second-order valence-electron chi connectivity index (χ2n) is 4.87. The monoisotopic (exact) mass is 317 g/mol. The van der Waals surface area contributed by atoms with Crippen LogP contribution in [0.3, 0.4) is 0 Å². The molecule has 0 saturated heterocycles. The van der Waals surface area contributed by atoms with Crippen LogP contribution in [0.4, 0.5) is 5.82 Å². The summed E-state index contributed by atoms with van der Waals surface area (Å²) in [7, 11) is 1.89. The predicted octanol–water partition coefficient (Wildman–Crippen LogP) is 3.67. The fourth-order valence-corrected chi connectivity index (χ4v) is 3.10. The van der Waals surface area contributed by atoms with Crippen molar-refractivity contribution in [2.24, 2.45) is 0 Å². The van der Waals surface area contributed by atoms with Crippen molar-refractivity contribution in [2.75, 3.05) is 12.4 Å². The van der Waals surface area contributed by atoms with Gasteiger partial charge in [-0.1, -0.05) is 24.3 Å².